The van der Waals surface area contributed by atoms with E-state index in [4.69, 9.17) is 13.8 Å². The van der Waals surface area contributed by atoms with E-state index in [1.165, 1.54) is 20.0 Å². The van der Waals surface area contributed by atoms with Crippen LogP contribution in [-0.2, 0) is 13.6 Å². The van der Waals surface area contributed by atoms with Crippen LogP contribution in [0.25, 0.3) is 6.08 Å². The van der Waals surface area contributed by atoms with Gasteiger partial charge in [0.15, 0.2) is 0 Å². The highest BCUT2D eigenvalue weighted by Gasteiger charge is 2.15. The zero-order valence-corrected chi connectivity index (χ0v) is 10.4. The summed E-state index contributed by atoms with van der Waals surface area (Å²) < 4.78 is 26.4. The van der Waals surface area contributed by atoms with Crippen molar-refractivity contribution in [3.05, 3.63) is 35.6 Å². The number of hydrogen-bond donors (Lipinski definition) is 0. The Kier molecular flexibility index (Phi) is 4.74. The first-order valence-corrected chi connectivity index (χ1v) is 6.29. The Hall–Kier alpha value is -1.09. The lowest BCUT2D eigenvalue weighted by Crippen LogP contribution is -1.84. The lowest BCUT2D eigenvalue weighted by Gasteiger charge is -2.07. The molecule has 0 aliphatic rings. The molecule has 0 saturated carbocycles. The van der Waals surface area contributed by atoms with E-state index >= 15 is 0 Å². The van der Waals surface area contributed by atoms with Crippen molar-refractivity contribution in [1.29, 1.82) is 0 Å². The van der Waals surface area contributed by atoms with Gasteiger partial charge in [0, 0.05) is 20.0 Å². The Balaban J connectivity index is 2.87. The molecule has 5 heteroatoms. The molecule has 0 radical (unpaired) electrons. The summed E-state index contributed by atoms with van der Waals surface area (Å²) >= 11 is 0. The molecule has 4 nitrogen and oxygen atoms in total. The lowest BCUT2D eigenvalue weighted by molar-refractivity contribution is 0.286. The molecule has 0 atom stereocenters. The summed E-state index contributed by atoms with van der Waals surface area (Å²) in [6, 6.07) is 7.38. The molecular formula is C11H15O4P. The third-order valence-electron chi connectivity index (χ3n) is 2.05. The lowest BCUT2D eigenvalue weighted by atomic mass is 10.2. The van der Waals surface area contributed by atoms with Crippen LogP contribution in [0.5, 0.6) is 5.75 Å². The highest BCUT2D eigenvalue weighted by atomic mass is 31.2. The third kappa shape index (κ3) is 3.49. The second-order valence-electron chi connectivity index (χ2n) is 3.00. The average Bonchev–Trinajstić information content (AvgIpc) is 2.36. The number of hydrogen-bond acceptors (Lipinski definition) is 4. The molecule has 0 bridgehead atoms. The van der Waals surface area contributed by atoms with Gasteiger partial charge in [-0.2, -0.15) is 0 Å². The second kappa shape index (κ2) is 5.85. The molecule has 0 aromatic heterocycles. The Labute approximate surface area is 95.4 Å². The first-order valence-electron chi connectivity index (χ1n) is 4.68. The van der Waals surface area contributed by atoms with Crippen LogP contribution in [0, 0.1) is 0 Å². The number of benzene rings is 1. The van der Waals surface area contributed by atoms with Gasteiger partial charge in [0.1, 0.15) is 5.75 Å². The quantitative estimate of drug-likeness (QED) is 0.744. The van der Waals surface area contributed by atoms with Crippen molar-refractivity contribution in [2.75, 3.05) is 21.3 Å². The van der Waals surface area contributed by atoms with E-state index in [0.717, 1.165) is 11.3 Å². The van der Waals surface area contributed by atoms with Gasteiger partial charge in [0.2, 0.25) is 0 Å². The maximum absolute atomic E-state index is 11.7. The fraction of sp³-hybridized carbons (Fsp3) is 0.273. The molecule has 0 unspecified atom stereocenters. The molecule has 0 aliphatic heterocycles. The van der Waals surface area contributed by atoms with Crippen LogP contribution in [0.3, 0.4) is 0 Å². The van der Waals surface area contributed by atoms with Gasteiger partial charge in [-0.25, -0.2) is 0 Å². The highest BCUT2D eigenvalue weighted by molar-refractivity contribution is 7.57. The van der Waals surface area contributed by atoms with E-state index < -0.39 is 7.60 Å². The predicted molar refractivity (Wildman–Crippen MR) is 63.7 cm³/mol. The molecule has 0 amide bonds. The molecule has 1 rings (SSSR count). The van der Waals surface area contributed by atoms with Gasteiger partial charge in [-0.3, -0.25) is 4.57 Å². The van der Waals surface area contributed by atoms with Gasteiger partial charge in [-0.1, -0.05) is 12.1 Å². The van der Waals surface area contributed by atoms with Crippen molar-refractivity contribution in [1.82, 2.24) is 0 Å². The zero-order valence-electron chi connectivity index (χ0n) is 9.54. The zero-order chi connectivity index (χ0) is 12.0. The predicted octanol–water partition coefficient (Wildman–Crippen LogP) is 3.15. The van der Waals surface area contributed by atoms with Crippen LogP contribution in [0.4, 0.5) is 0 Å². The third-order valence-corrected chi connectivity index (χ3v) is 3.58. The van der Waals surface area contributed by atoms with Crippen molar-refractivity contribution in [3.63, 3.8) is 0 Å². The monoisotopic (exact) mass is 242 g/mol. The van der Waals surface area contributed by atoms with Crippen molar-refractivity contribution >= 4 is 13.7 Å². The molecule has 88 valence electrons. The number of rotatable bonds is 5. The Morgan fingerprint density at radius 1 is 1.19 bits per heavy atom. The van der Waals surface area contributed by atoms with Crippen LogP contribution in [0.15, 0.2) is 30.1 Å². The van der Waals surface area contributed by atoms with Crippen molar-refractivity contribution in [3.8, 4) is 5.75 Å². The SMILES string of the molecule is COc1cccc(/C=C/P(=O)(OC)OC)c1. The van der Waals surface area contributed by atoms with Crippen LogP contribution >= 0.6 is 7.60 Å². The molecule has 0 aliphatic carbocycles. The topological polar surface area (TPSA) is 44.8 Å². The molecule has 1 aromatic carbocycles. The fourth-order valence-electron chi connectivity index (χ4n) is 1.12. The molecule has 0 heterocycles. The smallest absolute Gasteiger partial charge is 0.353 e. The summed E-state index contributed by atoms with van der Waals surface area (Å²) in [5.41, 5.74) is 0.869. The van der Waals surface area contributed by atoms with Gasteiger partial charge in [-0.05, 0) is 23.8 Å². The summed E-state index contributed by atoms with van der Waals surface area (Å²) in [5, 5.41) is 0. The van der Waals surface area contributed by atoms with E-state index in [-0.39, 0.29) is 0 Å². The maximum atomic E-state index is 11.7. The molecule has 0 spiro atoms. The van der Waals surface area contributed by atoms with E-state index in [9.17, 15) is 4.57 Å². The van der Waals surface area contributed by atoms with Gasteiger partial charge in [0.25, 0.3) is 0 Å². The second-order valence-corrected chi connectivity index (χ2v) is 5.11. The first-order chi connectivity index (χ1) is 7.63. The summed E-state index contributed by atoms with van der Waals surface area (Å²) in [4.78, 5) is 0. The first kappa shape index (κ1) is 13.0. The number of ether oxygens (including phenoxy) is 1. The van der Waals surface area contributed by atoms with Crippen LogP contribution < -0.4 is 4.74 Å². The molecule has 1 aromatic rings. The van der Waals surface area contributed by atoms with Crippen molar-refractivity contribution in [2.24, 2.45) is 0 Å². The van der Waals surface area contributed by atoms with Crippen LogP contribution in [0.2, 0.25) is 0 Å². The van der Waals surface area contributed by atoms with E-state index in [1.807, 2.05) is 24.3 Å². The number of methoxy groups -OCH3 is 1. The van der Waals surface area contributed by atoms with Crippen molar-refractivity contribution in [2.45, 2.75) is 0 Å². The summed E-state index contributed by atoms with van der Waals surface area (Å²) in [5.74, 6) is 2.16. The summed E-state index contributed by atoms with van der Waals surface area (Å²) in [6.07, 6.45) is 1.68. The molecule has 16 heavy (non-hydrogen) atoms. The summed E-state index contributed by atoms with van der Waals surface area (Å²) in [7, 11) is 1.20. The minimum Gasteiger partial charge on any atom is -0.497 e. The van der Waals surface area contributed by atoms with Gasteiger partial charge < -0.3 is 13.8 Å². The Bertz CT molecular complexity index is 406. The van der Waals surface area contributed by atoms with Crippen LogP contribution in [-0.4, -0.2) is 21.3 Å². The normalized spacial score (nSPS) is 11.9. The Morgan fingerprint density at radius 3 is 2.44 bits per heavy atom. The van der Waals surface area contributed by atoms with Gasteiger partial charge in [0.05, 0.1) is 7.11 Å². The van der Waals surface area contributed by atoms with Gasteiger partial charge in [-0.15, -0.1) is 0 Å². The average molecular weight is 242 g/mol. The Morgan fingerprint density at radius 2 is 1.88 bits per heavy atom. The standard InChI is InChI=1S/C11H15O4P/c1-13-11-6-4-5-10(9-11)7-8-16(12,14-2)15-3/h4-9H,1-3H3/b8-7+. The maximum Gasteiger partial charge on any atom is 0.353 e. The highest BCUT2D eigenvalue weighted by Crippen LogP contribution is 2.48. The molecule has 0 fully saturated rings. The molecular weight excluding hydrogens is 227 g/mol. The fourth-order valence-corrected chi connectivity index (χ4v) is 1.87. The van der Waals surface area contributed by atoms with E-state index in [2.05, 4.69) is 0 Å². The van der Waals surface area contributed by atoms with E-state index in [0.29, 0.717) is 0 Å². The molecule has 0 saturated heterocycles. The van der Waals surface area contributed by atoms with Crippen molar-refractivity contribution < 1.29 is 18.3 Å². The minimum absolute atomic E-state index is 0.742. The van der Waals surface area contributed by atoms with Gasteiger partial charge >= 0.3 is 7.60 Å². The molecule has 0 N–H and O–H groups in total. The summed E-state index contributed by atoms with van der Waals surface area (Å²) in [6.45, 7) is 0. The van der Waals surface area contributed by atoms with E-state index in [1.54, 1.807) is 13.2 Å². The minimum atomic E-state index is -3.09. The van der Waals surface area contributed by atoms with Crippen LogP contribution in [0.1, 0.15) is 5.56 Å². The largest absolute Gasteiger partial charge is 0.497 e.